The first-order chi connectivity index (χ1) is 15.2. The number of aryl methyl sites for hydroxylation is 1. The van der Waals surface area contributed by atoms with E-state index >= 15 is 0 Å². The van der Waals surface area contributed by atoms with Gasteiger partial charge < -0.3 is 15.6 Å². The summed E-state index contributed by atoms with van der Waals surface area (Å²) in [5, 5.41) is 25.1. The Morgan fingerprint density at radius 2 is 1.94 bits per heavy atom. The largest absolute Gasteiger partial charge is 0.619 e. The lowest BCUT2D eigenvalue weighted by molar-refractivity contribution is -0.347. The first kappa shape index (κ1) is 21.5. The van der Waals surface area contributed by atoms with Crippen molar-refractivity contribution in [3.05, 3.63) is 68.7 Å². The van der Waals surface area contributed by atoms with Crippen LogP contribution in [0.1, 0.15) is 25.7 Å². The number of halogens is 2. The van der Waals surface area contributed by atoms with E-state index in [1.807, 2.05) is 0 Å². The lowest BCUT2D eigenvalue weighted by atomic mass is 10.0. The van der Waals surface area contributed by atoms with Crippen molar-refractivity contribution in [1.82, 2.24) is 4.98 Å². The van der Waals surface area contributed by atoms with Crippen molar-refractivity contribution < 1.29 is 28.2 Å². The molecule has 2 aromatic heterocycles. The van der Waals surface area contributed by atoms with E-state index in [0.717, 1.165) is 22.7 Å². The molecular formula is C21H13F2N3O4S2. The molecule has 0 radical (unpaired) electrons. The van der Waals surface area contributed by atoms with Gasteiger partial charge in [0, 0.05) is 22.6 Å². The van der Waals surface area contributed by atoms with Crippen molar-refractivity contribution in [2.75, 3.05) is 5.32 Å². The Morgan fingerprint density at radius 1 is 1.19 bits per heavy atom. The zero-order chi connectivity index (χ0) is 23.2. The Labute approximate surface area is 187 Å². The monoisotopic (exact) mass is 473 g/mol. The molecule has 0 bridgehead atoms. The molecule has 32 heavy (non-hydrogen) atoms. The standard InChI is InChI=1S/C21H13F2N3O4S2/c1-9-6-7-10(16(23)15(9)22)11-8-31-19(14(11)21(28)29)25-18(27)20-24-12-4-3-5-13(26(2)30)17(12)32-20/h3-8H,2H2,1H3,(H,25,27)(H,28,29). The molecule has 0 saturated carbocycles. The summed E-state index contributed by atoms with van der Waals surface area (Å²) in [7, 11) is 0. The fraction of sp³-hybridized carbons (Fsp3) is 0.0476. The molecule has 0 spiro atoms. The minimum absolute atomic E-state index is 0.00634. The van der Waals surface area contributed by atoms with E-state index < -0.39 is 23.5 Å². The number of anilines is 1. The summed E-state index contributed by atoms with van der Waals surface area (Å²) in [6, 6.07) is 7.38. The summed E-state index contributed by atoms with van der Waals surface area (Å²) in [4.78, 5) is 28.8. The molecule has 4 rings (SSSR count). The first-order valence-corrected chi connectivity index (χ1v) is 10.7. The van der Waals surface area contributed by atoms with Gasteiger partial charge in [-0.15, -0.1) is 22.7 Å². The van der Waals surface area contributed by atoms with Crippen LogP contribution in [0.3, 0.4) is 0 Å². The third-order valence-electron chi connectivity index (χ3n) is 4.65. The van der Waals surface area contributed by atoms with Crippen LogP contribution in [-0.4, -0.2) is 33.4 Å². The number of carbonyl (C=O) groups excluding carboxylic acids is 1. The van der Waals surface area contributed by atoms with Crippen LogP contribution in [0.5, 0.6) is 0 Å². The van der Waals surface area contributed by atoms with Crippen LogP contribution >= 0.6 is 22.7 Å². The van der Waals surface area contributed by atoms with Crippen LogP contribution in [0.4, 0.5) is 19.5 Å². The highest BCUT2D eigenvalue weighted by Gasteiger charge is 2.26. The number of hydrogen-bond acceptors (Lipinski definition) is 6. The van der Waals surface area contributed by atoms with Gasteiger partial charge in [0.2, 0.25) is 5.69 Å². The van der Waals surface area contributed by atoms with Gasteiger partial charge in [-0.1, -0.05) is 18.2 Å². The van der Waals surface area contributed by atoms with E-state index in [4.69, 9.17) is 0 Å². The smallest absolute Gasteiger partial charge is 0.339 e. The number of aromatic carboxylic acids is 1. The van der Waals surface area contributed by atoms with Crippen molar-refractivity contribution >= 4 is 62.2 Å². The van der Waals surface area contributed by atoms with Gasteiger partial charge in [0.1, 0.15) is 22.0 Å². The highest BCUT2D eigenvalue weighted by atomic mass is 32.1. The number of amides is 1. The molecule has 0 aliphatic carbocycles. The van der Waals surface area contributed by atoms with Gasteiger partial charge in [-0.2, -0.15) is 4.74 Å². The van der Waals surface area contributed by atoms with Gasteiger partial charge in [0.15, 0.2) is 16.6 Å². The van der Waals surface area contributed by atoms with Crippen LogP contribution in [0, 0.1) is 23.8 Å². The van der Waals surface area contributed by atoms with Crippen molar-refractivity contribution in [2.24, 2.45) is 0 Å². The van der Waals surface area contributed by atoms with Crippen LogP contribution in [0.25, 0.3) is 21.3 Å². The zero-order valence-corrected chi connectivity index (χ0v) is 17.9. The molecule has 0 fully saturated rings. The minimum atomic E-state index is -1.41. The van der Waals surface area contributed by atoms with Crippen LogP contribution in [0.2, 0.25) is 0 Å². The number of rotatable bonds is 5. The highest BCUT2D eigenvalue weighted by Crippen LogP contribution is 2.38. The highest BCUT2D eigenvalue weighted by molar-refractivity contribution is 7.21. The number of carboxylic acids is 1. The van der Waals surface area contributed by atoms with Crippen molar-refractivity contribution in [2.45, 2.75) is 6.92 Å². The Hall–Kier alpha value is -3.70. The van der Waals surface area contributed by atoms with E-state index in [9.17, 15) is 28.7 Å². The average molecular weight is 473 g/mol. The number of carbonyl (C=O) groups is 2. The number of thiophene rings is 1. The third-order valence-corrected chi connectivity index (χ3v) is 6.64. The molecule has 4 aromatic rings. The molecule has 2 N–H and O–H groups in total. The Morgan fingerprint density at radius 3 is 2.62 bits per heavy atom. The van der Waals surface area contributed by atoms with Gasteiger partial charge in [-0.25, -0.2) is 18.6 Å². The molecule has 11 heteroatoms. The molecule has 2 aromatic carbocycles. The predicted octanol–water partition coefficient (Wildman–Crippen LogP) is 5.40. The summed E-state index contributed by atoms with van der Waals surface area (Å²) >= 11 is 1.81. The Kier molecular flexibility index (Phi) is 5.45. The van der Waals surface area contributed by atoms with Gasteiger partial charge in [-0.05, 0) is 18.6 Å². The fourth-order valence-corrected chi connectivity index (χ4v) is 5.02. The summed E-state index contributed by atoms with van der Waals surface area (Å²) in [6.45, 7) is 4.69. The molecule has 0 aliphatic rings. The Bertz CT molecular complexity index is 1430. The number of nitrogens with zero attached hydrogens (tertiary/aromatic N) is 2. The first-order valence-electron chi connectivity index (χ1n) is 8.97. The number of thiazole rings is 1. The maximum Gasteiger partial charge on any atom is 0.339 e. The zero-order valence-electron chi connectivity index (χ0n) is 16.3. The minimum Gasteiger partial charge on any atom is -0.619 e. The molecule has 0 atom stereocenters. The van der Waals surface area contributed by atoms with E-state index in [1.165, 1.54) is 30.5 Å². The molecule has 1 amide bonds. The number of fused-ring (bicyclic) bond motifs is 1. The number of nitrogens with one attached hydrogen (secondary N) is 1. The number of benzene rings is 2. The molecular weight excluding hydrogens is 460 g/mol. The fourth-order valence-electron chi connectivity index (χ4n) is 3.10. The Balaban J connectivity index is 1.73. The SMILES string of the molecule is C=[N+]([O-])c1cccc2nc(C(=O)Nc3scc(-c4ccc(C)c(F)c4F)c3C(=O)O)sc12. The van der Waals surface area contributed by atoms with Gasteiger partial charge in [-0.3, -0.25) is 4.79 Å². The average Bonchev–Trinajstić information content (AvgIpc) is 3.36. The second-order valence-electron chi connectivity index (χ2n) is 6.69. The van der Waals surface area contributed by atoms with Crippen molar-refractivity contribution in [3.63, 3.8) is 0 Å². The molecule has 2 heterocycles. The number of aromatic nitrogens is 1. The topological polar surface area (TPSA) is 105 Å². The maximum absolute atomic E-state index is 14.5. The third kappa shape index (κ3) is 3.61. The van der Waals surface area contributed by atoms with Gasteiger partial charge >= 0.3 is 5.97 Å². The van der Waals surface area contributed by atoms with Crippen molar-refractivity contribution in [1.29, 1.82) is 0 Å². The second kappa shape index (κ2) is 8.09. The normalized spacial score (nSPS) is 11.0. The maximum atomic E-state index is 14.5. The summed E-state index contributed by atoms with van der Waals surface area (Å²) in [5.74, 6) is -4.36. The molecule has 0 aliphatic heterocycles. The summed E-state index contributed by atoms with van der Waals surface area (Å²) in [5.41, 5.74) is 0.0831. The van der Waals surface area contributed by atoms with Gasteiger partial charge in [0.25, 0.3) is 5.91 Å². The second-order valence-corrected chi connectivity index (χ2v) is 8.57. The van der Waals surface area contributed by atoms with E-state index in [0.29, 0.717) is 15.0 Å². The van der Waals surface area contributed by atoms with Gasteiger partial charge in [0.05, 0.1) is 5.52 Å². The van der Waals surface area contributed by atoms with Crippen LogP contribution in [-0.2, 0) is 0 Å². The van der Waals surface area contributed by atoms with Crippen LogP contribution in [0.15, 0.2) is 35.7 Å². The molecule has 162 valence electrons. The molecule has 0 unspecified atom stereocenters. The number of hydrogen-bond donors (Lipinski definition) is 2. The molecule has 7 nitrogen and oxygen atoms in total. The van der Waals surface area contributed by atoms with E-state index in [-0.39, 0.29) is 37.9 Å². The number of carboxylic acid groups (broad SMARTS) is 1. The van der Waals surface area contributed by atoms with Crippen LogP contribution < -0.4 is 5.32 Å². The van der Waals surface area contributed by atoms with E-state index in [1.54, 1.807) is 12.1 Å². The quantitative estimate of drug-likeness (QED) is 0.175. The summed E-state index contributed by atoms with van der Waals surface area (Å²) < 4.78 is 29.3. The lowest BCUT2D eigenvalue weighted by Gasteiger charge is -2.07. The van der Waals surface area contributed by atoms with E-state index in [2.05, 4.69) is 17.0 Å². The molecule has 0 saturated heterocycles. The summed E-state index contributed by atoms with van der Waals surface area (Å²) in [6.07, 6.45) is 0. The van der Waals surface area contributed by atoms with Crippen molar-refractivity contribution in [3.8, 4) is 11.1 Å². The predicted molar refractivity (Wildman–Crippen MR) is 119 cm³/mol. The lowest BCUT2D eigenvalue weighted by Crippen LogP contribution is -2.13.